The molecule has 0 aromatic carbocycles. The van der Waals surface area contributed by atoms with Crippen LogP contribution < -0.4 is 10.6 Å². The van der Waals surface area contributed by atoms with Crippen LogP contribution in [0.4, 0.5) is 17.5 Å². The zero-order valence-corrected chi connectivity index (χ0v) is 17.5. The molecule has 30 heavy (non-hydrogen) atoms. The highest BCUT2D eigenvalue weighted by atomic mass is 35.5. The molecule has 0 spiro atoms. The lowest BCUT2D eigenvalue weighted by Crippen LogP contribution is -2.44. The maximum Gasteiger partial charge on any atom is 0.246 e. The van der Waals surface area contributed by atoms with Crippen molar-refractivity contribution in [2.75, 3.05) is 23.7 Å². The summed E-state index contributed by atoms with van der Waals surface area (Å²) in [4.78, 5) is 22.9. The number of fused-ring (bicyclic) bond motifs is 1. The van der Waals surface area contributed by atoms with Crippen molar-refractivity contribution in [3.8, 4) is 0 Å². The highest BCUT2D eigenvalue weighted by Gasteiger charge is 2.24. The van der Waals surface area contributed by atoms with E-state index in [9.17, 15) is 4.79 Å². The smallest absolute Gasteiger partial charge is 0.246 e. The maximum absolute atomic E-state index is 12.0. The number of carbonyl (C=O) groups is 1. The molecule has 10 nitrogen and oxygen atoms in total. The molecule has 3 aromatic rings. The first-order valence-corrected chi connectivity index (χ1v) is 10.3. The molecule has 1 aliphatic heterocycles. The molecule has 3 aromatic heterocycles. The van der Waals surface area contributed by atoms with Gasteiger partial charge in [-0.25, -0.2) is 0 Å². The van der Waals surface area contributed by atoms with Crippen LogP contribution in [0.3, 0.4) is 0 Å². The third-order valence-corrected chi connectivity index (χ3v) is 5.24. The SMILES string of the molecule is C=CC(=O)N1CCC[C@@H](Nc2nc(Nc3cnn(CCC)c3)nc3[nH]nc(Cl)c23)C1. The second-order valence-corrected chi connectivity index (χ2v) is 7.58. The van der Waals surface area contributed by atoms with E-state index in [1.165, 1.54) is 6.08 Å². The second kappa shape index (κ2) is 8.70. The maximum atomic E-state index is 12.0. The van der Waals surface area contributed by atoms with Crippen LogP contribution in [0.5, 0.6) is 0 Å². The fourth-order valence-corrected chi connectivity index (χ4v) is 3.80. The molecule has 1 aliphatic rings. The van der Waals surface area contributed by atoms with Crippen molar-refractivity contribution in [2.24, 2.45) is 0 Å². The van der Waals surface area contributed by atoms with Crippen molar-refractivity contribution in [1.29, 1.82) is 0 Å². The first kappa shape index (κ1) is 20.1. The third kappa shape index (κ3) is 4.23. The zero-order chi connectivity index (χ0) is 21.1. The normalized spacial score (nSPS) is 16.6. The van der Waals surface area contributed by atoms with E-state index in [4.69, 9.17) is 11.6 Å². The molecule has 3 N–H and O–H groups in total. The van der Waals surface area contributed by atoms with E-state index < -0.39 is 0 Å². The van der Waals surface area contributed by atoms with Gasteiger partial charge in [-0.15, -0.1) is 0 Å². The van der Waals surface area contributed by atoms with Gasteiger partial charge in [-0.1, -0.05) is 25.1 Å². The van der Waals surface area contributed by atoms with Crippen LogP contribution in [0.1, 0.15) is 26.2 Å². The Morgan fingerprint density at radius 2 is 2.33 bits per heavy atom. The molecule has 0 bridgehead atoms. The Kier molecular flexibility index (Phi) is 5.84. The Bertz CT molecular complexity index is 1060. The summed E-state index contributed by atoms with van der Waals surface area (Å²) < 4.78 is 1.86. The van der Waals surface area contributed by atoms with Crippen LogP contribution in [0.2, 0.25) is 5.15 Å². The number of nitrogens with zero attached hydrogens (tertiary/aromatic N) is 6. The quantitative estimate of drug-likeness (QED) is 0.494. The summed E-state index contributed by atoms with van der Waals surface area (Å²) >= 11 is 6.27. The van der Waals surface area contributed by atoms with Gasteiger partial charge in [0.15, 0.2) is 10.8 Å². The number of amides is 1. The van der Waals surface area contributed by atoms with E-state index in [2.05, 4.69) is 49.4 Å². The van der Waals surface area contributed by atoms with Crippen molar-refractivity contribution in [3.05, 3.63) is 30.2 Å². The largest absolute Gasteiger partial charge is 0.365 e. The minimum atomic E-state index is -0.0675. The summed E-state index contributed by atoms with van der Waals surface area (Å²) in [5, 5.41) is 18.7. The predicted octanol–water partition coefficient (Wildman–Crippen LogP) is 2.95. The lowest BCUT2D eigenvalue weighted by Gasteiger charge is -2.32. The minimum Gasteiger partial charge on any atom is -0.365 e. The lowest BCUT2D eigenvalue weighted by molar-refractivity contribution is -0.127. The van der Waals surface area contributed by atoms with Crippen molar-refractivity contribution >= 4 is 46.0 Å². The summed E-state index contributed by atoms with van der Waals surface area (Å²) in [6, 6.07) is 0.0341. The van der Waals surface area contributed by atoms with Crippen LogP contribution in [-0.4, -0.2) is 59.9 Å². The number of rotatable bonds is 7. The number of H-pyrrole nitrogens is 1. The van der Waals surface area contributed by atoms with Gasteiger partial charge in [0, 0.05) is 31.9 Å². The summed E-state index contributed by atoms with van der Waals surface area (Å²) in [5.41, 5.74) is 1.32. The summed E-state index contributed by atoms with van der Waals surface area (Å²) in [6.07, 6.45) is 7.79. The van der Waals surface area contributed by atoms with Gasteiger partial charge in [-0.2, -0.15) is 20.2 Å². The molecule has 0 unspecified atom stereocenters. The number of halogens is 1. The van der Waals surface area contributed by atoms with E-state index in [1.807, 2.05) is 10.9 Å². The Morgan fingerprint density at radius 1 is 1.47 bits per heavy atom. The van der Waals surface area contributed by atoms with Crippen LogP contribution in [-0.2, 0) is 11.3 Å². The Labute approximate surface area is 178 Å². The van der Waals surface area contributed by atoms with Crippen molar-refractivity contribution < 1.29 is 4.79 Å². The van der Waals surface area contributed by atoms with E-state index in [0.29, 0.717) is 34.5 Å². The molecule has 158 valence electrons. The van der Waals surface area contributed by atoms with Crippen LogP contribution in [0.15, 0.2) is 25.0 Å². The van der Waals surface area contributed by atoms with Gasteiger partial charge in [0.2, 0.25) is 11.9 Å². The topological polar surface area (TPSA) is 117 Å². The molecule has 0 saturated carbocycles. The van der Waals surface area contributed by atoms with Gasteiger partial charge in [-0.3, -0.25) is 14.6 Å². The molecule has 1 atom stereocenters. The number of nitrogens with one attached hydrogen (secondary N) is 3. The molecule has 1 saturated heterocycles. The Hall–Kier alpha value is -3.14. The number of hydrogen-bond donors (Lipinski definition) is 3. The standard InChI is InChI=1S/C19H24ClN9O/c1-3-7-29-11-13(9-21-29)23-19-24-17(15-16(20)26-27-18(15)25-19)22-12-6-5-8-28(10-12)14(30)4-2/h4,9,11-12H,2-3,5-8,10H2,1H3,(H3,22,23,24,25,26,27)/t12-/m1/s1. The average Bonchev–Trinajstić information content (AvgIpc) is 3.34. The zero-order valence-electron chi connectivity index (χ0n) is 16.7. The number of hydrogen-bond acceptors (Lipinski definition) is 7. The molecule has 1 amide bonds. The summed E-state index contributed by atoms with van der Waals surface area (Å²) in [7, 11) is 0. The van der Waals surface area contributed by atoms with E-state index in [0.717, 1.165) is 38.0 Å². The number of likely N-dealkylation sites (tertiary alicyclic amines) is 1. The van der Waals surface area contributed by atoms with Crippen LogP contribution in [0.25, 0.3) is 11.0 Å². The van der Waals surface area contributed by atoms with E-state index in [1.54, 1.807) is 11.1 Å². The second-order valence-electron chi connectivity index (χ2n) is 7.22. The number of piperidine rings is 1. The molecule has 4 rings (SSSR count). The third-order valence-electron chi connectivity index (χ3n) is 4.97. The average molecular weight is 430 g/mol. The summed E-state index contributed by atoms with van der Waals surface area (Å²) in [6.45, 7) is 7.81. The van der Waals surface area contributed by atoms with Crippen molar-refractivity contribution in [2.45, 2.75) is 38.8 Å². The molecular weight excluding hydrogens is 406 g/mol. The molecular formula is C19H24ClN9O. The molecule has 4 heterocycles. The minimum absolute atomic E-state index is 0.0341. The van der Waals surface area contributed by atoms with Crippen molar-refractivity contribution in [1.82, 2.24) is 34.8 Å². The number of aromatic nitrogens is 6. The predicted molar refractivity (Wildman–Crippen MR) is 116 cm³/mol. The Morgan fingerprint density at radius 3 is 3.13 bits per heavy atom. The molecule has 0 aliphatic carbocycles. The van der Waals surface area contributed by atoms with Crippen LogP contribution in [0, 0.1) is 0 Å². The fraction of sp³-hybridized carbons (Fsp3) is 0.421. The molecule has 11 heteroatoms. The summed E-state index contributed by atoms with van der Waals surface area (Å²) in [5.74, 6) is 0.901. The number of aryl methyl sites for hydroxylation is 1. The number of aromatic amines is 1. The van der Waals surface area contributed by atoms with Crippen molar-refractivity contribution in [3.63, 3.8) is 0 Å². The first-order chi connectivity index (χ1) is 14.6. The monoisotopic (exact) mass is 429 g/mol. The van der Waals surface area contributed by atoms with Gasteiger partial charge >= 0.3 is 0 Å². The highest BCUT2D eigenvalue weighted by molar-refractivity contribution is 6.35. The molecule has 0 radical (unpaired) electrons. The van der Waals surface area contributed by atoms with E-state index >= 15 is 0 Å². The van der Waals surface area contributed by atoms with Gasteiger partial charge in [0.25, 0.3) is 0 Å². The lowest BCUT2D eigenvalue weighted by atomic mass is 10.1. The van der Waals surface area contributed by atoms with Gasteiger partial charge < -0.3 is 15.5 Å². The highest BCUT2D eigenvalue weighted by Crippen LogP contribution is 2.29. The first-order valence-electron chi connectivity index (χ1n) is 9.96. The van der Waals surface area contributed by atoms with Gasteiger partial charge in [0.1, 0.15) is 11.2 Å². The Balaban J connectivity index is 1.59. The number of carbonyl (C=O) groups excluding carboxylic acids is 1. The number of anilines is 3. The van der Waals surface area contributed by atoms with Gasteiger partial charge in [0.05, 0.1) is 11.9 Å². The molecule has 1 fully saturated rings. The van der Waals surface area contributed by atoms with Crippen LogP contribution >= 0.6 is 11.6 Å². The van der Waals surface area contributed by atoms with Gasteiger partial charge in [-0.05, 0) is 25.3 Å². The van der Waals surface area contributed by atoms with E-state index in [-0.39, 0.29) is 11.9 Å². The fourth-order valence-electron chi connectivity index (χ4n) is 3.58.